The third-order valence-electron chi connectivity index (χ3n) is 24.2. The molecule has 1 heterocycles. The Labute approximate surface area is 841 Å². The number of rotatable bonds is 71. The predicted octanol–water partition coefficient (Wildman–Crippen LogP) is -0.197. The van der Waals surface area contributed by atoms with Crippen molar-refractivity contribution >= 4 is 111 Å². The number of benzene rings is 3. The molecule has 17 atom stereocenters. The van der Waals surface area contributed by atoms with Crippen LogP contribution in [-0.2, 0) is 101 Å². The van der Waals surface area contributed by atoms with E-state index >= 15 is 24.0 Å². The molecule has 0 spiro atoms. The van der Waals surface area contributed by atoms with Crippen LogP contribution in [0.2, 0.25) is 0 Å². The van der Waals surface area contributed by atoms with Crippen LogP contribution in [0.15, 0.2) is 91.1 Å². The number of carbonyl (C=O) groups excluding carboxylic acids is 17. The first kappa shape index (κ1) is 123. The number of H-pyrrole nitrogens is 1. The van der Waals surface area contributed by atoms with E-state index in [2.05, 4.69) is 90.1 Å². The van der Waals surface area contributed by atoms with E-state index in [0.717, 1.165) is 0 Å². The van der Waals surface area contributed by atoms with Gasteiger partial charge in [0.05, 0.1) is 6.04 Å². The van der Waals surface area contributed by atoms with Gasteiger partial charge in [-0.3, -0.25) is 81.5 Å². The van der Waals surface area contributed by atoms with Gasteiger partial charge in [-0.25, -0.2) is 0 Å². The molecule has 143 heavy (non-hydrogen) atoms. The van der Waals surface area contributed by atoms with Crippen LogP contribution in [0.5, 0.6) is 0 Å². The minimum atomic E-state index is -1.47. The van der Waals surface area contributed by atoms with E-state index in [0.29, 0.717) is 124 Å². The molecule has 0 fully saturated rings. The third-order valence-corrected chi connectivity index (χ3v) is 24.2. The van der Waals surface area contributed by atoms with Crippen LogP contribution in [0.1, 0.15) is 241 Å². The Kier molecular flexibility index (Phi) is 57.5. The second-order valence-electron chi connectivity index (χ2n) is 38.8. The molecule has 42 heteroatoms. The van der Waals surface area contributed by atoms with Gasteiger partial charge in [0.25, 0.3) is 0 Å². The first-order valence-electron chi connectivity index (χ1n) is 50.7. The highest BCUT2D eigenvalue weighted by Crippen LogP contribution is 2.23. The van der Waals surface area contributed by atoms with Crippen LogP contribution in [0, 0.1) is 23.7 Å². The fourth-order valence-corrected chi connectivity index (χ4v) is 16.0. The minimum absolute atomic E-state index is 0.00166. The maximum absolute atomic E-state index is 15.4. The van der Waals surface area contributed by atoms with Crippen molar-refractivity contribution in [2.75, 3.05) is 39.3 Å². The lowest BCUT2D eigenvalue weighted by atomic mass is 9.98. The van der Waals surface area contributed by atoms with Crippen LogP contribution in [0.4, 0.5) is 0 Å². The van der Waals surface area contributed by atoms with Gasteiger partial charge in [0.2, 0.25) is 100 Å². The fraction of sp³-hybridized carbons (Fsp3) is 0.634. The molecule has 4 aromatic rings. The molecule has 17 amide bonds. The Morgan fingerprint density at radius 1 is 0.245 bits per heavy atom. The van der Waals surface area contributed by atoms with Crippen molar-refractivity contribution in [3.63, 3.8) is 0 Å². The highest BCUT2D eigenvalue weighted by Gasteiger charge is 2.40. The molecule has 0 unspecified atom stereocenters. The van der Waals surface area contributed by atoms with E-state index in [4.69, 9.17) is 45.9 Å². The first-order chi connectivity index (χ1) is 68.0. The number of aromatic amines is 1. The standard InChI is InChI=1S/C101H167N25O17/c1-59(2)51-78(123-100(142)83(56-68-35-17-14-18-36-68)120-88(130)66(12)112-87(129)65(11)113-90(132)73(40-22-28-46-103)116-92(134)75(42-24-30-48-105)117-91(133)74(41-23-29-47-104)115-89(131)71(108)38-21-27-45-102)96(138)118-77(44-26-32-50-107)94(136)122-81(54-62(7)8)99(141)126-84(57-69-58-110-72-39-20-19-37-70(69)72)101(143)124-79(52-60(3)4)97(139)119-76(43-25-31-49-106)93(135)121-80(53-61(5)6)98(140)125-82(55-67-33-15-13-16-34-67)95(137)114-64(10)86(128)111-63(9)85(109)127/h13-20,33-37,39,58-66,71,73-84,110H,21-32,38,40-57,102-108H2,1-12H3,(H2,109,127)(H,111,128)(H,112,129)(H,113,132)(H,114,137)(H,115,131)(H,116,134)(H,117,133)(H,118,138)(H,119,139)(H,120,130)(H,121,135)(H,122,136)(H,123,142)(H,124,143)(H,125,140)(H,126,141)/t63-,64-,65-,66-,71-,73-,74-,75-,76-,77-,78-,79-,80-,81-,82-,83-,84-/m0/s1. The number of nitrogens with two attached hydrogens (primary N) is 8. The van der Waals surface area contributed by atoms with Crippen LogP contribution in [-0.4, -0.2) is 247 Å². The van der Waals surface area contributed by atoms with Gasteiger partial charge in [0, 0.05) is 36.4 Å². The van der Waals surface area contributed by atoms with Gasteiger partial charge in [0.1, 0.15) is 96.7 Å². The van der Waals surface area contributed by atoms with Crippen molar-refractivity contribution in [1.29, 1.82) is 0 Å². The predicted molar refractivity (Wildman–Crippen MR) is 548 cm³/mol. The molecule has 0 bridgehead atoms. The summed E-state index contributed by atoms with van der Waals surface area (Å²) in [4.78, 5) is 247. The zero-order chi connectivity index (χ0) is 106. The van der Waals surface area contributed by atoms with Crippen molar-refractivity contribution in [3.05, 3.63) is 108 Å². The molecule has 0 saturated carbocycles. The third kappa shape index (κ3) is 46.5. The molecule has 798 valence electrons. The number of hydrogen-bond acceptors (Lipinski definition) is 24. The summed E-state index contributed by atoms with van der Waals surface area (Å²) >= 11 is 0. The first-order valence-corrected chi connectivity index (χ1v) is 50.7. The number of nitrogens with one attached hydrogen (secondary N) is 17. The Bertz CT molecular complexity index is 4660. The highest BCUT2D eigenvalue weighted by molar-refractivity contribution is 6.02. The Morgan fingerprint density at radius 3 is 0.776 bits per heavy atom. The molecule has 0 aliphatic carbocycles. The number of hydrogen-bond donors (Lipinski definition) is 25. The van der Waals surface area contributed by atoms with Crippen molar-refractivity contribution in [1.82, 2.24) is 90.1 Å². The second-order valence-corrected chi connectivity index (χ2v) is 38.8. The topological polar surface area (TPSA) is 707 Å². The average molecular weight is 2000 g/mol. The Balaban J connectivity index is 1.63. The smallest absolute Gasteiger partial charge is 0.243 e. The normalized spacial score (nSPS) is 15.0. The molecular formula is C101H167N25O17. The van der Waals surface area contributed by atoms with Gasteiger partial charge in [0.15, 0.2) is 0 Å². The Hall–Kier alpha value is -12.1. The number of fused-ring (bicyclic) bond motifs is 1. The van der Waals surface area contributed by atoms with Crippen molar-refractivity contribution < 1.29 is 81.5 Å². The van der Waals surface area contributed by atoms with Gasteiger partial charge in [-0.1, -0.05) is 141 Å². The fourth-order valence-electron chi connectivity index (χ4n) is 16.0. The second kappa shape index (κ2) is 66.7. The van der Waals surface area contributed by atoms with E-state index in [-0.39, 0.29) is 127 Å². The SMILES string of the molecule is CC(C)C[C@H](NC(=O)[C@H](Cc1ccccc1)NC(=O)[C@H](C)NC(=O)[C@H](C)NC(=O)[C@H](CCCCN)NC(=O)[C@H](CCCCN)NC(=O)[C@H](CCCCN)NC(=O)[C@@H](N)CCCCN)C(=O)N[C@@H](CCCCN)C(=O)N[C@@H](CC(C)C)C(=O)N[C@@H](Cc1c[nH]c2ccccc12)C(=O)N[C@@H](CC(C)C)C(=O)N[C@@H](CCCCN)C(=O)N[C@@H](CC(C)C)C(=O)N[C@@H](Cc1ccccc1)C(=O)N[C@@H](C)C(=O)N[C@@H](C)C(N)=O. The van der Waals surface area contributed by atoms with Crippen LogP contribution in [0.3, 0.4) is 0 Å². The van der Waals surface area contributed by atoms with E-state index < -0.39 is 203 Å². The average Bonchev–Trinajstić information content (AvgIpc) is 1.47. The lowest BCUT2D eigenvalue weighted by molar-refractivity contribution is -0.136. The molecule has 0 aliphatic heterocycles. The number of primary amides is 1. The summed E-state index contributed by atoms with van der Waals surface area (Å²) in [6, 6.07) is 2.83. The van der Waals surface area contributed by atoms with Crippen molar-refractivity contribution in [2.45, 2.75) is 346 Å². The van der Waals surface area contributed by atoms with Crippen molar-refractivity contribution in [2.24, 2.45) is 69.5 Å². The number of aromatic nitrogens is 1. The van der Waals surface area contributed by atoms with Gasteiger partial charge in [-0.05, 0) is 248 Å². The van der Waals surface area contributed by atoms with Crippen LogP contribution >= 0.6 is 0 Å². The largest absolute Gasteiger partial charge is 0.368 e. The molecular weight excluding hydrogens is 1840 g/mol. The molecule has 4 rings (SSSR count). The summed E-state index contributed by atoms with van der Waals surface area (Å²) in [6.45, 7) is 21.7. The number of carbonyl (C=O) groups is 17. The van der Waals surface area contributed by atoms with E-state index in [1.165, 1.54) is 27.7 Å². The van der Waals surface area contributed by atoms with Crippen molar-refractivity contribution in [3.8, 4) is 0 Å². The van der Waals surface area contributed by atoms with E-state index in [1.54, 1.807) is 86.8 Å². The summed E-state index contributed by atoms with van der Waals surface area (Å²) in [6.07, 6.45) is 7.43. The van der Waals surface area contributed by atoms with Crippen LogP contribution < -0.4 is 131 Å². The number of para-hydroxylation sites is 1. The van der Waals surface area contributed by atoms with Crippen LogP contribution in [0.25, 0.3) is 10.9 Å². The molecule has 1 aromatic heterocycles. The molecule has 0 radical (unpaired) electrons. The molecule has 3 aromatic carbocycles. The highest BCUT2D eigenvalue weighted by atomic mass is 16.2. The number of amides is 17. The maximum Gasteiger partial charge on any atom is 0.243 e. The summed E-state index contributed by atoms with van der Waals surface area (Å²) < 4.78 is 0. The molecule has 0 aliphatic rings. The number of unbranched alkanes of at least 4 members (excludes halogenated alkanes) is 6. The Morgan fingerprint density at radius 2 is 0.469 bits per heavy atom. The maximum atomic E-state index is 15.4. The molecule has 42 nitrogen and oxygen atoms in total. The van der Waals surface area contributed by atoms with E-state index in [9.17, 15) is 57.5 Å². The van der Waals surface area contributed by atoms with Gasteiger partial charge >= 0.3 is 0 Å². The van der Waals surface area contributed by atoms with Gasteiger partial charge in [-0.2, -0.15) is 0 Å². The lowest BCUT2D eigenvalue weighted by Crippen LogP contribution is -2.61. The monoisotopic (exact) mass is 2000 g/mol. The summed E-state index contributed by atoms with van der Waals surface area (Å²) in [5, 5.41) is 44.7. The molecule has 33 N–H and O–H groups in total. The zero-order valence-electron chi connectivity index (χ0n) is 85.8. The summed E-state index contributed by atoms with van der Waals surface area (Å²) in [5.41, 5.74) is 49.1. The quantitative estimate of drug-likeness (QED) is 0.0255. The minimum Gasteiger partial charge on any atom is -0.368 e. The van der Waals surface area contributed by atoms with Gasteiger partial charge < -0.3 is 136 Å². The summed E-state index contributed by atoms with van der Waals surface area (Å²) in [5.74, 6) is -14.2. The molecule has 0 saturated heterocycles. The zero-order valence-corrected chi connectivity index (χ0v) is 85.8. The van der Waals surface area contributed by atoms with Gasteiger partial charge in [-0.15, -0.1) is 0 Å². The van der Waals surface area contributed by atoms with E-state index in [1.807, 2.05) is 59.7 Å². The lowest BCUT2D eigenvalue weighted by Gasteiger charge is -2.29. The summed E-state index contributed by atoms with van der Waals surface area (Å²) in [7, 11) is 0.